The standard InChI is InChI=1S/C17H18N2O3S/c1-11(18-8-14-10-23-12(2)19-14)9-21-15-5-3-13-4-6-17(20)22-16(13)7-15/h3-7,10-11,18H,8-9H2,1-2H3/t11-/m1/s1. The number of ether oxygens (including phenoxy) is 1. The molecule has 1 atom stereocenters. The normalized spacial score (nSPS) is 12.4. The molecule has 0 saturated heterocycles. The van der Waals surface area contributed by atoms with Crippen molar-refractivity contribution in [1.29, 1.82) is 0 Å². The molecular formula is C17H18N2O3S. The van der Waals surface area contributed by atoms with Gasteiger partial charge in [-0.05, 0) is 32.0 Å². The fourth-order valence-corrected chi connectivity index (χ4v) is 2.79. The van der Waals surface area contributed by atoms with E-state index in [4.69, 9.17) is 9.15 Å². The monoisotopic (exact) mass is 330 g/mol. The Labute approximate surface area is 137 Å². The number of hydrogen-bond acceptors (Lipinski definition) is 6. The van der Waals surface area contributed by atoms with Crippen LogP contribution in [0.3, 0.4) is 0 Å². The molecule has 3 aromatic rings. The number of thiazole rings is 1. The lowest BCUT2D eigenvalue weighted by Gasteiger charge is -2.14. The second kappa shape index (κ2) is 6.93. The summed E-state index contributed by atoms with van der Waals surface area (Å²) < 4.78 is 10.9. The van der Waals surface area contributed by atoms with Crippen molar-refractivity contribution in [3.63, 3.8) is 0 Å². The number of rotatable bonds is 6. The molecule has 0 amide bonds. The Morgan fingerprint density at radius 1 is 1.35 bits per heavy atom. The smallest absolute Gasteiger partial charge is 0.336 e. The molecule has 5 nitrogen and oxygen atoms in total. The summed E-state index contributed by atoms with van der Waals surface area (Å²) in [5, 5.41) is 7.38. The highest BCUT2D eigenvalue weighted by Crippen LogP contribution is 2.19. The van der Waals surface area contributed by atoms with E-state index in [-0.39, 0.29) is 11.7 Å². The van der Waals surface area contributed by atoms with E-state index in [2.05, 4.69) is 22.6 Å². The van der Waals surface area contributed by atoms with Gasteiger partial charge >= 0.3 is 5.63 Å². The number of aromatic nitrogens is 1. The predicted octanol–water partition coefficient (Wildman–Crippen LogP) is 3.12. The molecule has 0 aliphatic carbocycles. The molecule has 6 heteroatoms. The molecule has 120 valence electrons. The van der Waals surface area contributed by atoms with Crippen LogP contribution in [0.5, 0.6) is 5.75 Å². The first-order valence-corrected chi connectivity index (χ1v) is 8.29. The van der Waals surface area contributed by atoms with E-state index < -0.39 is 0 Å². The largest absolute Gasteiger partial charge is 0.492 e. The maximum atomic E-state index is 11.3. The van der Waals surface area contributed by atoms with Gasteiger partial charge in [-0.2, -0.15) is 0 Å². The van der Waals surface area contributed by atoms with Crippen molar-refractivity contribution in [2.75, 3.05) is 6.61 Å². The zero-order chi connectivity index (χ0) is 16.2. The van der Waals surface area contributed by atoms with Crippen LogP contribution in [0.1, 0.15) is 17.6 Å². The van der Waals surface area contributed by atoms with Crippen molar-refractivity contribution in [2.45, 2.75) is 26.4 Å². The minimum Gasteiger partial charge on any atom is -0.492 e. The molecule has 2 heterocycles. The molecule has 23 heavy (non-hydrogen) atoms. The van der Waals surface area contributed by atoms with Crippen LogP contribution in [-0.4, -0.2) is 17.6 Å². The Morgan fingerprint density at radius 2 is 2.17 bits per heavy atom. The molecule has 0 unspecified atom stereocenters. The molecule has 2 aromatic heterocycles. The van der Waals surface area contributed by atoms with Crippen LogP contribution in [0.15, 0.2) is 44.9 Å². The van der Waals surface area contributed by atoms with Gasteiger partial charge in [-0.15, -0.1) is 11.3 Å². The molecule has 0 bridgehead atoms. The summed E-state index contributed by atoms with van der Waals surface area (Å²) in [6, 6.07) is 8.83. The average molecular weight is 330 g/mol. The van der Waals surface area contributed by atoms with Crippen molar-refractivity contribution >= 4 is 22.3 Å². The average Bonchev–Trinajstić information content (AvgIpc) is 2.96. The third-order valence-corrected chi connectivity index (χ3v) is 4.22. The Balaban J connectivity index is 1.55. The SMILES string of the molecule is Cc1nc(CN[C@H](C)COc2ccc3ccc(=O)oc3c2)cs1. The number of benzene rings is 1. The fraction of sp³-hybridized carbons (Fsp3) is 0.294. The number of hydrogen-bond donors (Lipinski definition) is 1. The van der Waals surface area contributed by atoms with E-state index in [1.165, 1.54) is 6.07 Å². The van der Waals surface area contributed by atoms with E-state index in [0.717, 1.165) is 22.6 Å². The summed E-state index contributed by atoms with van der Waals surface area (Å²) in [6.45, 7) is 5.30. The second-order valence-corrected chi connectivity index (χ2v) is 6.47. The van der Waals surface area contributed by atoms with Crippen LogP contribution in [0.25, 0.3) is 11.0 Å². The third-order valence-electron chi connectivity index (χ3n) is 3.39. The lowest BCUT2D eigenvalue weighted by molar-refractivity contribution is 0.272. The number of aryl methyl sites for hydroxylation is 1. The van der Waals surface area contributed by atoms with Gasteiger partial charge in [-0.3, -0.25) is 0 Å². The van der Waals surface area contributed by atoms with Crippen molar-refractivity contribution in [3.8, 4) is 5.75 Å². The maximum Gasteiger partial charge on any atom is 0.336 e. The van der Waals surface area contributed by atoms with Crippen LogP contribution in [0, 0.1) is 6.92 Å². The molecular weight excluding hydrogens is 312 g/mol. The maximum absolute atomic E-state index is 11.3. The highest BCUT2D eigenvalue weighted by Gasteiger charge is 2.06. The van der Waals surface area contributed by atoms with Gasteiger partial charge in [-0.25, -0.2) is 9.78 Å². The molecule has 0 saturated carbocycles. The summed E-state index contributed by atoms with van der Waals surface area (Å²) >= 11 is 1.65. The fourth-order valence-electron chi connectivity index (χ4n) is 2.18. The molecule has 0 aliphatic heterocycles. The van der Waals surface area contributed by atoms with Gasteiger partial charge < -0.3 is 14.5 Å². The summed E-state index contributed by atoms with van der Waals surface area (Å²) in [7, 11) is 0. The van der Waals surface area contributed by atoms with E-state index in [0.29, 0.717) is 17.9 Å². The lowest BCUT2D eigenvalue weighted by Crippen LogP contribution is -2.31. The van der Waals surface area contributed by atoms with Gasteiger partial charge in [-0.1, -0.05) is 0 Å². The van der Waals surface area contributed by atoms with Gasteiger partial charge in [0.25, 0.3) is 0 Å². The molecule has 3 rings (SSSR count). The summed E-state index contributed by atoms with van der Waals surface area (Å²) in [5.41, 5.74) is 1.23. The molecule has 0 fully saturated rings. The number of nitrogens with one attached hydrogen (secondary N) is 1. The number of nitrogens with zero attached hydrogens (tertiary/aromatic N) is 1. The Bertz CT molecular complexity index is 856. The molecule has 1 N–H and O–H groups in total. The molecule has 0 spiro atoms. The van der Waals surface area contributed by atoms with Crippen molar-refractivity contribution in [3.05, 3.63) is 56.8 Å². The minimum absolute atomic E-state index is 0.176. The molecule has 1 aromatic carbocycles. The summed E-state index contributed by atoms with van der Waals surface area (Å²) in [4.78, 5) is 15.7. The van der Waals surface area contributed by atoms with Gasteiger partial charge in [0.05, 0.1) is 10.7 Å². The van der Waals surface area contributed by atoms with Crippen LogP contribution in [0.2, 0.25) is 0 Å². The topological polar surface area (TPSA) is 64.4 Å². The highest BCUT2D eigenvalue weighted by molar-refractivity contribution is 7.09. The first-order chi connectivity index (χ1) is 11.1. The van der Waals surface area contributed by atoms with Gasteiger partial charge in [0.2, 0.25) is 0 Å². The van der Waals surface area contributed by atoms with Gasteiger partial charge in [0.15, 0.2) is 0 Å². The van der Waals surface area contributed by atoms with E-state index in [9.17, 15) is 4.79 Å². The zero-order valence-electron chi connectivity index (χ0n) is 13.0. The molecule has 0 aliphatic rings. The van der Waals surface area contributed by atoms with Crippen molar-refractivity contribution < 1.29 is 9.15 Å². The first-order valence-electron chi connectivity index (χ1n) is 7.41. The predicted molar refractivity (Wildman–Crippen MR) is 91.1 cm³/mol. The van der Waals surface area contributed by atoms with Crippen LogP contribution < -0.4 is 15.7 Å². The Kier molecular flexibility index (Phi) is 4.73. The Morgan fingerprint density at radius 3 is 2.96 bits per heavy atom. The Hall–Kier alpha value is -2.18. The quantitative estimate of drug-likeness (QED) is 0.704. The minimum atomic E-state index is -0.358. The van der Waals surface area contributed by atoms with Crippen molar-refractivity contribution in [1.82, 2.24) is 10.3 Å². The van der Waals surface area contributed by atoms with Crippen molar-refractivity contribution in [2.24, 2.45) is 0 Å². The summed E-state index contributed by atoms with van der Waals surface area (Å²) in [5.74, 6) is 0.685. The van der Waals surface area contributed by atoms with Crippen LogP contribution >= 0.6 is 11.3 Å². The highest BCUT2D eigenvalue weighted by atomic mass is 32.1. The van der Waals surface area contributed by atoms with Crippen LogP contribution in [0.4, 0.5) is 0 Å². The van der Waals surface area contributed by atoms with E-state index in [1.807, 2.05) is 19.1 Å². The lowest BCUT2D eigenvalue weighted by atomic mass is 10.2. The van der Waals surface area contributed by atoms with Gasteiger partial charge in [0.1, 0.15) is 17.9 Å². The third kappa shape index (κ3) is 4.18. The van der Waals surface area contributed by atoms with Gasteiger partial charge in [0, 0.05) is 35.5 Å². The molecule has 0 radical (unpaired) electrons. The van der Waals surface area contributed by atoms with E-state index in [1.54, 1.807) is 23.5 Å². The second-order valence-electron chi connectivity index (χ2n) is 5.40. The van der Waals surface area contributed by atoms with E-state index >= 15 is 0 Å². The summed E-state index contributed by atoms with van der Waals surface area (Å²) in [6.07, 6.45) is 0. The number of fused-ring (bicyclic) bond motifs is 1. The van der Waals surface area contributed by atoms with Crippen LogP contribution in [-0.2, 0) is 6.54 Å². The zero-order valence-corrected chi connectivity index (χ0v) is 13.9. The first kappa shape index (κ1) is 15.7.